The van der Waals surface area contributed by atoms with Crippen LogP contribution in [0.4, 0.5) is 8.78 Å². The van der Waals surface area contributed by atoms with Gasteiger partial charge in [-0.2, -0.15) is 0 Å². The molecule has 0 bridgehead atoms. The second-order valence-corrected chi connectivity index (χ2v) is 5.88. The largest absolute Gasteiger partial charge is 0.312 e. The fourth-order valence-corrected chi connectivity index (χ4v) is 3.00. The van der Waals surface area contributed by atoms with Gasteiger partial charge in [0, 0.05) is 11.6 Å². The highest BCUT2D eigenvalue weighted by Gasteiger charge is 2.34. The van der Waals surface area contributed by atoms with Crippen molar-refractivity contribution >= 4 is 0 Å². The summed E-state index contributed by atoms with van der Waals surface area (Å²) < 4.78 is 27.3. The second kappa shape index (κ2) is 7.85. The van der Waals surface area contributed by atoms with Crippen LogP contribution in [0.5, 0.6) is 0 Å². The number of benzene rings is 1. The lowest BCUT2D eigenvalue weighted by molar-refractivity contribution is 0.0914. The summed E-state index contributed by atoms with van der Waals surface area (Å²) in [6.07, 6.45) is 0.473. The molecule has 21 heavy (non-hydrogen) atoms. The molecule has 2 nitrogen and oxygen atoms in total. The second-order valence-electron chi connectivity index (χ2n) is 5.88. The minimum absolute atomic E-state index is 0.0544. The quantitative estimate of drug-likeness (QED) is 0.789. The van der Waals surface area contributed by atoms with Crippen molar-refractivity contribution in [3.8, 4) is 0 Å². The first-order valence-electron chi connectivity index (χ1n) is 7.79. The maximum atomic E-state index is 13.9. The zero-order valence-electron chi connectivity index (χ0n) is 13.8. The molecule has 1 atom stereocenters. The maximum absolute atomic E-state index is 13.9. The van der Waals surface area contributed by atoms with Gasteiger partial charge in [0.25, 0.3) is 0 Å². The van der Waals surface area contributed by atoms with Crippen LogP contribution in [0.25, 0.3) is 0 Å². The topological polar surface area (TPSA) is 15.3 Å². The van der Waals surface area contributed by atoms with E-state index < -0.39 is 0 Å². The van der Waals surface area contributed by atoms with Crippen LogP contribution in [0.2, 0.25) is 0 Å². The fourth-order valence-electron chi connectivity index (χ4n) is 3.00. The van der Waals surface area contributed by atoms with Gasteiger partial charge in [0.05, 0.1) is 0 Å². The molecular weight excluding hydrogens is 270 g/mol. The van der Waals surface area contributed by atoms with Gasteiger partial charge in [-0.15, -0.1) is 0 Å². The van der Waals surface area contributed by atoms with Crippen LogP contribution in [0.3, 0.4) is 0 Å². The molecule has 0 radical (unpaired) electrons. The Balaban J connectivity index is 3.03. The standard InChI is InChI=1S/C17H28F2N2/c1-6-20-16(17(4,5)21(7-2)8-3)12-13-11-14(18)9-10-15(13)19/h9-11,16,20H,6-8,12H2,1-5H3. The molecule has 1 N–H and O–H groups in total. The van der Waals surface area contributed by atoms with Gasteiger partial charge >= 0.3 is 0 Å². The van der Waals surface area contributed by atoms with Gasteiger partial charge in [-0.25, -0.2) is 8.78 Å². The van der Waals surface area contributed by atoms with Gasteiger partial charge in [0.1, 0.15) is 11.6 Å². The molecule has 0 aliphatic carbocycles. The molecule has 0 aliphatic heterocycles. The zero-order chi connectivity index (χ0) is 16.0. The number of rotatable bonds is 8. The first kappa shape index (κ1) is 18.1. The van der Waals surface area contributed by atoms with E-state index in [0.29, 0.717) is 12.0 Å². The van der Waals surface area contributed by atoms with Crippen LogP contribution >= 0.6 is 0 Å². The van der Waals surface area contributed by atoms with Crippen molar-refractivity contribution in [3.05, 3.63) is 35.4 Å². The molecule has 4 heteroatoms. The molecule has 0 aromatic heterocycles. The van der Waals surface area contributed by atoms with Crippen LogP contribution in [-0.2, 0) is 6.42 Å². The summed E-state index contributed by atoms with van der Waals surface area (Å²) in [7, 11) is 0. The molecule has 1 aromatic rings. The number of nitrogens with one attached hydrogen (secondary N) is 1. The summed E-state index contributed by atoms with van der Waals surface area (Å²) in [6, 6.07) is 3.73. The summed E-state index contributed by atoms with van der Waals surface area (Å²) in [5.74, 6) is -0.725. The summed E-state index contributed by atoms with van der Waals surface area (Å²) in [5.41, 5.74) is 0.291. The summed E-state index contributed by atoms with van der Waals surface area (Å²) in [5, 5.41) is 3.44. The Bertz CT molecular complexity index is 442. The Kier molecular flexibility index (Phi) is 6.75. The van der Waals surface area contributed by atoms with Crippen molar-refractivity contribution < 1.29 is 8.78 Å². The Hall–Kier alpha value is -1.00. The molecule has 0 spiro atoms. The Morgan fingerprint density at radius 3 is 2.29 bits per heavy atom. The molecule has 0 aliphatic rings. The highest BCUT2D eigenvalue weighted by molar-refractivity contribution is 5.21. The third-order valence-corrected chi connectivity index (χ3v) is 4.31. The van der Waals surface area contributed by atoms with Crippen LogP contribution < -0.4 is 5.32 Å². The highest BCUT2D eigenvalue weighted by Crippen LogP contribution is 2.23. The van der Waals surface area contributed by atoms with Crippen molar-refractivity contribution in [2.24, 2.45) is 0 Å². The Labute approximate surface area is 127 Å². The fraction of sp³-hybridized carbons (Fsp3) is 0.647. The van der Waals surface area contributed by atoms with Gasteiger partial charge in [-0.1, -0.05) is 20.8 Å². The molecule has 1 unspecified atom stereocenters. The molecular formula is C17H28F2N2. The van der Waals surface area contributed by atoms with Gasteiger partial charge in [-0.3, -0.25) is 4.90 Å². The summed E-state index contributed by atoms with van der Waals surface area (Å²) in [6.45, 7) is 13.2. The number of nitrogens with zero attached hydrogens (tertiary/aromatic N) is 1. The van der Waals surface area contributed by atoms with Crippen molar-refractivity contribution in [2.45, 2.75) is 52.6 Å². The number of hydrogen-bond donors (Lipinski definition) is 1. The number of likely N-dealkylation sites (N-methyl/N-ethyl adjacent to an activating group) is 2. The van der Waals surface area contributed by atoms with E-state index in [4.69, 9.17) is 0 Å². The number of halogens is 2. The SMILES string of the molecule is CCNC(Cc1cc(F)ccc1F)C(C)(C)N(CC)CC. The van der Waals surface area contributed by atoms with E-state index in [1.54, 1.807) is 0 Å². The lowest BCUT2D eigenvalue weighted by Gasteiger charge is -2.44. The lowest BCUT2D eigenvalue weighted by Crippen LogP contribution is -2.58. The van der Waals surface area contributed by atoms with E-state index in [1.165, 1.54) is 12.1 Å². The molecule has 120 valence electrons. The molecule has 1 aromatic carbocycles. The Morgan fingerprint density at radius 2 is 1.76 bits per heavy atom. The van der Waals surface area contributed by atoms with Crippen LogP contribution in [-0.4, -0.2) is 36.1 Å². The van der Waals surface area contributed by atoms with Crippen LogP contribution in [0, 0.1) is 11.6 Å². The first-order valence-corrected chi connectivity index (χ1v) is 7.79. The van der Waals surface area contributed by atoms with E-state index in [-0.39, 0.29) is 23.2 Å². The summed E-state index contributed by atoms with van der Waals surface area (Å²) >= 11 is 0. The monoisotopic (exact) mass is 298 g/mol. The molecule has 0 fully saturated rings. The van der Waals surface area contributed by atoms with Crippen molar-refractivity contribution in [2.75, 3.05) is 19.6 Å². The van der Waals surface area contributed by atoms with Crippen LogP contribution in [0.15, 0.2) is 18.2 Å². The third-order valence-electron chi connectivity index (χ3n) is 4.31. The molecule has 1 rings (SSSR count). The molecule has 0 amide bonds. The van der Waals surface area contributed by atoms with E-state index in [2.05, 4.69) is 37.9 Å². The van der Waals surface area contributed by atoms with Crippen LogP contribution in [0.1, 0.15) is 40.2 Å². The maximum Gasteiger partial charge on any atom is 0.126 e. The number of hydrogen-bond acceptors (Lipinski definition) is 2. The zero-order valence-corrected chi connectivity index (χ0v) is 13.8. The van der Waals surface area contributed by atoms with E-state index in [9.17, 15) is 8.78 Å². The Morgan fingerprint density at radius 1 is 1.14 bits per heavy atom. The third kappa shape index (κ3) is 4.48. The smallest absolute Gasteiger partial charge is 0.126 e. The minimum Gasteiger partial charge on any atom is -0.312 e. The normalized spacial score (nSPS) is 13.7. The molecule has 0 heterocycles. The van der Waals surface area contributed by atoms with Gasteiger partial charge < -0.3 is 5.32 Å². The van der Waals surface area contributed by atoms with E-state index in [0.717, 1.165) is 25.7 Å². The van der Waals surface area contributed by atoms with E-state index >= 15 is 0 Å². The van der Waals surface area contributed by atoms with Gasteiger partial charge in [0.2, 0.25) is 0 Å². The average Bonchev–Trinajstić information content (AvgIpc) is 2.43. The van der Waals surface area contributed by atoms with Gasteiger partial charge in [-0.05, 0) is 63.7 Å². The minimum atomic E-state index is -0.387. The van der Waals surface area contributed by atoms with Crippen molar-refractivity contribution in [1.82, 2.24) is 10.2 Å². The lowest BCUT2D eigenvalue weighted by atomic mass is 9.87. The first-order chi connectivity index (χ1) is 9.86. The predicted octanol–water partition coefficient (Wildman–Crippen LogP) is 3.61. The van der Waals surface area contributed by atoms with E-state index in [1.807, 2.05) is 6.92 Å². The van der Waals surface area contributed by atoms with Crippen molar-refractivity contribution in [1.29, 1.82) is 0 Å². The molecule has 0 saturated carbocycles. The van der Waals surface area contributed by atoms with Crippen molar-refractivity contribution in [3.63, 3.8) is 0 Å². The predicted molar refractivity (Wildman–Crippen MR) is 84.5 cm³/mol. The molecule has 0 saturated heterocycles. The van der Waals surface area contributed by atoms with Gasteiger partial charge in [0.15, 0.2) is 0 Å². The average molecular weight is 298 g/mol. The highest BCUT2D eigenvalue weighted by atomic mass is 19.1. The summed E-state index contributed by atoms with van der Waals surface area (Å²) in [4.78, 5) is 2.34.